The zero-order valence-corrected chi connectivity index (χ0v) is 25.8. The molecule has 3 heterocycles. The Kier molecular flexibility index (Phi) is 8.15. The summed E-state index contributed by atoms with van der Waals surface area (Å²) >= 11 is 0. The zero-order chi connectivity index (χ0) is 31.6. The summed E-state index contributed by atoms with van der Waals surface area (Å²) in [5.74, 6) is -0.399. The number of aromatic nitrogens is 4. The SMILES string of the molecule is COC(=O)[C@H](Cc1ccc(-c2nc(C)c(C)n(C)c2=O)c2nccn12)NC(c1ccccc1)(c1ccccc1)c1ccccc1. The van der Waals surface area contributed by atoms with Gasteiger partial charge < -0.3 is 13.7 Å². The fourth-order valence-corrected chi connectivity index (χ4v) is 6.07. The van der Waals surface area contributed by atoms with Gasteiger partial charge in [0.25, 0.3) is 5.56 Å². The van der Waals surface area contributed by atoms with Crippen molar-refractivity contribution < 1.29 is 9.53 Å². The number of ether oxygens (including phenoxy) is 1. The highest BCUT2D eigenvalue weighted by Crippen LogP contribution is 2.37. The molecule has 0 saturated heterocycles. The lowest BCUT2D eigenvalue weighted by molar-refractivity contribution is -0.143. The number of nitrogens with one attached hydrogen (secondary N) is 1. The molecule has 8 heteroatoms. The lowest BCUT2D eigenvalue weighted by atomic mass is 9.76. The monoisotopic (exact) mass is 597 g/mol. The number of pyridine rings is 1. The van der Waals surface area contributed by atoms with E-state index in [2.05, 4.69) is 51.7 Å². The first-order chi connectivity index (χ1) is 21.8. The Morgan fingerprint density at radius 1 is 0.867 bits per heavy atom. The summed E-state index contributed by atoms with van der Waals surface area (Å²) in [7, 11) is 3.15. The minimum absolute atomic E-state index is 0.191. The first kappa shape index (κ1) is 29.7. The number of hydrogen-bond acceptors (Lipinski definition) is 6. The third kappa shape index (κ3) is 5.34. The zero-order valence-electron chi connectivity index (χ0n) is 25.8. The summed E-state index contributed by atoms with van der Waals surface area (Å²) in [4.78, 5) is 36.1. The fraction of sp³-hybridized carbons (Fsp3) is 0.189. The molecule has 0 aliphatic carbocycles. The molecule has 0 saturated carbocycles. The standard InChI is InChI=1S/C37H35N5O3/c1-25-26(2)41(3)35(43)33(39-25)31-21-20-30(42-23-22-38-34(31)42)24-32(36(44)45-4)40-37(27-14-8-5-9-15-27,28-16-10-6-11-17-28)29-18-12-7-13-19-29/h5-23,32,40H,24H2,1-4H3/t32-/m0/s1. The van der Waals surface area contributed by atoms with Crippen molar-refractivity contribution in [2.24, 2.45) is 7.05 Å². The number of rotatable bonds is 9. The van der Waals surface area contributed by atoms with E-state index in [4.69, 9.17) is 4.74 Å². The van der Waals surface area contributed by atoms with Gasteiger partial charge in [-0.2, -0.15) is 0 Å². The number of esters is 1. The Morgan fingerprint density at radius 2 is 1.42 bits per heavy atom. The number of fused-ring (bicyclic) bond motifs is 1. The average molecular weight is 598 g/mol. The highest BCUT2D eigenvalue weighted by Gasteiger charge is 2.40. The molecule has 0 bridgehead atoms. The number of carbonyl (C=O) groups is 1. The molecule has 1 N–H and O–H groups in total. The molecule has 0 spiro atoms. The van der Waals surface area contributed by atoms with Crippen molar-refractivity contribution in [3.8, 4) is 11.3 Å². The maximum Gasteiger partial charge on any atom is 0.323 e. The molecule has 0 aliphatic rings. The second-order valence-corrected chi connectivity index (χ2v) is 11.1. The van der Waals surface area contributed by atoms with Crippen molar-refractivity contribution in [3.63, 3.8) is 0 Å². The van der Waals surface area contributed by atoms with Gasteiger partial charge in [0.15, 0.2) is 0 Å². The van der Waals surface area contributed by atoms with Gasteiger partial charge in [-0.05, 0) is 42.7 Å². The molecule has 0 aliphatic heterocycles. The van der Waals surface area contributed by atoms with E-state index in [-0.39, 0.29) is 12.0 Å². The van der Waals surface area contributed by atoms with Crippen molar-refractivity contribution in [3.05, 3.63) is 160 Å². The summed E-state index contributed by atoms with van der Waals surface area (Å²) < 4.78 is 8.92. The molecule has 0 amide bonds. The van der Waals surface area contributed by atoms with Gasteiger partial charge in [-0.3, -0.25) is 14.9 Å². The van der Waals surface area contributed by atoms with Gasteiger partial charge in [0.05, 0.1) is 18.3 Å². The van der Waals surface area contributed by atoms with Crippen molar-refractivity contribution in [2.75, 3.05) is 7.11 Å². The molecule has 226 valence electrons. The van der Waals surface area contributed by atoms with Crippen LogP contribution in [0.5, 0.6) is 0 Å². The fourth-order valence-electron chi connectivity index (χ4n) is 6.07. The van der Waals surface area contributed by atoms with E-state index in [1.54, 1.807) is 17.8 Å². The molecular weight excluding hydrogens is 562 g/mol. The molecule has 45 heavy (non-hydrogen) atoms. The number of methoxy groups -OCH3 is 1. The molecule has 3 aromatic heterocycles. The third-order valence-corrected chi connectivity index (χ3v) is 8.61. The van der Waals surface area contributed by atoms with Crippen LogP contribution in [0.2, 0.25) is 0 Å². The van der Waals surface area contributed by atoms with Crippen LogP contribution in [0.25, 0.3) is 16.9 Å². The number of carbonyl (C=O) groups excluding carboxylic acids is 1. The van der Waals surface area contributed by atoms with Crippen LogP contribution < -0.4 is 10.9 Å². The van der Waals surface area contributed by atoms with E-state index in [0.717, 1.165) is 33.8 Å². The van der Waals surface area contributed by atoms with Crippen LogP contribution in [0.1, 0.15) is 33.8 Å². The van der Waals surface area contributed by atoms with Gasteiger partial charge in [0.1, 0.15) is 17.4 Å². The lowest BCUT2D eigenvalue weighted by Crippen LogP contribution is -2.53. The van der Waals surface area contributed by atoms with Crippen LogP contribution in [-0.4, -0.2) is 38.1 Å². The molecule has 0 unspecified atom stereocenters. The van der Waals surface area contributed by atoms with Gasteiger partial charge in [0, 0.05) is 42.8 Å². The summed E-state index contributed by atoms with van der Waals surface area (Å²) in [6.45, 7) is 3.77. The Morgan fingerprint density at radius 3 is 1.96 bits per heavy atom. The second kappa shape index (κ2) is 12.3. The first-order valence-corrected chi connectivity index (χ1v) is 14.9. The minimum Gasteiger partial charge on any atom is -0.468 e. The minimum atomic E-state index is -0.883. The van der Waals surface area contributed by atoms with E-state index in [1.165, 1.54) is 7.11 Å². The molecule has 1 atom stereocenters. The van der Waals surface area contributed by atoms with Crippen LogP contribution in [0, 0.1) is 13.8 Å². The second-order valence-electron chi connectivity index (χ2n) is 11.1. The van der Waals surface area contributed by atoms with Gasteiger partial charge in [-0.15, -0.1) is 0 Å². The highest BCUT2D eigenvalue weighted by atomic mass is 16.5. The number of hydrogen-bond donors (Lipinski definition) is 1. The predicted molar refractivity (Wildman–Crippen MR) is 175 cm³/mol. The maximum absolute atomic E-state index is 13.6. The normalized spacial score (nSPS) is 12.3. The average Bonchev–Trinajstić information content (AvgIpc) is 3.59. The molecule has 8 nitrogen and oxygen atoms in total. The number of benzene rings is 3. The summed E-state index contributed by atoms with van der Waals surface area (Å²) in [5, 5.41) is 3.78. The van der Waals surface area contributed by atoms with E-state index >= 15 is 0 Å². The van der Waals surface area contributed by atoms with Crippen LogP contribution in [0.4, 0.5) is 0 Å². The van der Waals surface area contributed by atoms with Crippen LogP contribution >= 0.6 is 0 Å². The number of aryl methyl sites for hydroxylation is 1. The van der Waals surface area contributed by atoms with Crippen LogP contribution in [-0.2, 0) is 28.5 Å². The van der Waals surface area contributed by atoms with E-state index < -0.39 is 17.6 Å². The number of nitrogens with zero attached hydrogens (tertiary/aromatic N) is 4. The van der Waals surface area contributed by atoms with Crippen molar-refractivity contribution in [1.82, 2.24) is 24.3 Å². The van der Waals surface area contributed by atoms with Crippen molar-refractivity contribution in [1.29, 1.82) is 0 Å². The third-order valence-electron chi connectivity index (χ3n) is 8.61. The maximum atomic E-state index is 13.6. The quantitative estimate of drug-likeness (QED) is 0.178. The molecule has 0 fully saturated rings. The Bertz CT molecular complexity index is 1920. The van der Waals surface area contributed by atoms with E-state index in [0.29, 0.717) is 16.9 Å². The lowest BCUT2D eigenvalue weighted by Gasteiger charge is -2.39. The summed E-state index contributed by atoms with van der Waals surface area (Å²) in [5.41, 5.74) is 5.82. The molecule has 6 aromatic rings. The highest BCUT2D eigenvalue weighted by molar-refractivity contribution is 5.78. The first-order valence-electron chi connectivity index (χ1n) is 14.9. The molecule has 3 aromatic carbocycles. The van der Waals surface area contributed by atoms with Crippen LogP contribution in [0.15, 0.2) is 120 Å². The van der Waals surface area contributed by atoms with Crippen LogP contribution in [0.3, 0.4) is 0 Å². The van der Waals surface area contributed by atoms with E-state index in [1.807, 2.05) is 91.2 Å². The molecule has 0 radical (unpaired) electrons. The smallest absolute Gasteiger partial charge is 0.323 e. The summed E-state index contributed by atoms with van der Waals surface area (Å²) in [6, 6.07) is 33.4. The molecular formula is C37H35N5O3. The van der Waals surface area contributed by atoms with Crippen molar-refractivity contribution >= 4 is 11.6 Å². The topological polar surface area (TPSA) is 90.5 Å². The molecule has 6 rings (SSSR count). The van der Waals surface area contributed by atoms with Gasteiger partial charge in [-0.1, -0.05) is 91.0 Å². The van der Waals surface area contributed by atoms with Crippen molar-refractivity contribution in [2.45, 2.75) is 31.8 Å². The van der Waals surface area contributed by atoms with Gasteiger partial charge >= 0.3 is 5.97 Å². The largest absolute Gasteiger partial charge is 0.468 e. The Balaban J connectivity index is 1.49. The number of imidazole rings is 1. The van der Waals surface area contributed by atoms with Gasteiger partial charge in [-0.25, -0.2) is 9.97 Å². The van der Waals surface area contributed by atoms with Gasteiger partial charge in [0.2, 0.25) is 0 Å². The predicted octanol–water partition coefficient (Wildman–Crippen LogP) is 5.38. The Labute approximate surface area is 262 Å². The Hall–Kier alpha value is -5.34. The van der Waals surface area contributed by atoms with E-state index in [9.17, 15) is 9.59 Å². The summed E-state index contributed by atoms with van der Waals surface area (Å²) in [6.07, 6.45) is 3.82.